The van der Waals surface area contributed by atoms with Crippen LogP contribution in [0.1, 0.15) is 65.7 Å². The fourth-order valence-corrected chi connectivity index (χ4v) is 4.68. The third kappa shape index (κ3) is 5.14. The van der Waals surface area contributed by atoms with Crippen molar-refractivity contribution in [2.45, 2.75) is 50.7 Å². The summed E-state index contributed by atoms with van der Waals surface area (Å²) in [6.07, 6.45) is 3.72. The third-order valence-corrected chi connectivity index (χ3v) is 6.73. The van der Waals surface area contributed by atoms with Crippen LogP contribution in [0.25, 0.3) is 0 Å². The van der Waals surface area contributed by atoms with Gasteiger partial charge in [-0.3, -0.25) is 4.79 Å². The average Bonchev–Trinajstić information content (AvgIpc) is 3.39. The van der Waals surface area contributed by atoms with Crippen LogP contribution in [0.15, 0.2) is 78.9 Å². The van der Waals surface area contributed by atoms with Gasteiger partial charge in [0.2, 0.25) is 5.91 Å². The lowest BCUT2D eigenvalue weighted by molar-refractivity contribution is -0.127. The molecule has 0 saturated heterocycles. The Morgan fingerprint density at radius 1 is 0.912 bits per heavy atom. The van der Waals surface area contributed by atoms with Crippen LogP contribution in [0.3, 0.4) is 0 Å². The molecular weight excluding hydrogens is 426 g/mol. The molecule has 1 aliphatic rings. The summed E-state index contributed by atoms with van der Waals surface area (Å²) >= 11 is 0. The average molecular weight is 458 g/mol. The van der Waals surface area contributed by atoms with Gasteiger partial charge in [-0.15, -0.1) is 0 Å². The summed E-state index contributed by atoms with van der Waals surface area (Å²) in [6, 6.07) is 25.0. The first-order valence-corrected chi connectivity index (χ1v) is 11.8. The molecule has 3 aromatic carbocycles. The van der Waals surface area contributed by atoms with Crippen LogP contribution in [0.4, 0.5) is 0 Å². The van der Waals surface area contributed by atoms with E-state index in [1.165, 1.54) is 7.11 Å². The topological polar surface area (TPSA) is 64.6 Å². The van der Waals surface area contributed by atoms with Crippen LogP contribution in [0.5, 0.6) is 5.75 Å². The summed E-state index contributed by atoms with van der Waals surface area (Å²) in [7, 11) is 1.36. The lowest BCUT2D eigenvalue weighted by Gasteiger charge is -2.30. The predicted octanol–water partition coefficient (Wildman–Crippen LogP) is 5.74. The van der Waals surface area contributed by atoms with Crippen LogP contribution >= 0.6 is 0 Å². The Labute approximate surface area is 201 Å². The monoisotopic (exact) mass is 457 g/mol. The smallest absolute Gasteiger partial charge is 0.337 e. The Morgan fingerprint density at radius 2 is 1.56 bits per heavy atom. The molecule has 1 atom stereocenters. The molecule has 5 nitrogen and oxygen atoms in total. The van der Waals surface area contributed by atoms with E-state index < -0.39 is 5.41 Å². The van der Waals surface area contributed by atoms with E-state index in [1.54, 1.807) is 12.1 Å². The van der Waals surface area contributed by atoms with Crippen molar-refractivity contribution in [3.63, 3.8) is 0 Å². The van der Waals surface area contributed by atoms with Crippen LogP contribution in [0.2, 0.25) is 0 Å². The minimum atomic E-state index is -0.530. The molecule has 0 bridgehead atoms. The zero-order valence-electron chi connectivity index (χ0n) is 19.8. The molecular formula is C29H31NO4. The maximum atomic E-state index is 13.6. The zero-order chi connectivity index (χ0) is 24.0. The van der Waals surface area contributed by atoms with E-state index in [2.05, 4.69) is 5.32 Å². The molecule has 1 amide bonds. The van der Waals surface area contributed by atoms with Gasteiger partial charge in [-0.1, -0.05) is 67.4 Å². The van der Waals surface area contributed by atoms with E-state index in [0.717, 1.165) is 48.1 Å². The van der Waals surface area contributed by atoms with E-state index in [4.69, 9.17) is 9.47 Å². The Kier molecular flexibility index (Phi) is 7.31. The Hall–Kier alpha value is -3.60. The largest absolute Gasteiger partial charge is 0.489 e. The molecule has 4 rings (SSSR count). The number of hydrogen-bond donors (Lipinski definition) is 1. The number of benzene rings is 3. The van der Waals surface area contributed by atoms with Crippen molar-refractivity contribution in [2.24, 2.45) is 0 Å². The first-order chi connectivity index (χ1) is 16.5. The van der Waals surface area contributed by atoms with E-state index in [1.807, 2.05) is 73.7 Å². The van der Waals surface area contributed by atoms with Gasteiger partial charge >= 0.3 is 5.97 Å². The second-order valence-electron chi connectivity index (χ2n) is 8.90. The van der Waals surface area contributed by atoms with Gasteiger partial charge in [0.1, 0.15) is 12.4 Å². The van der Waals surface area contributed by atoms with Gasteiger partial charge < -0.3 is 14.8 Å². The third-order valence-electron chi connectivity index (χ3n) is 6.73. The molecule has 0 aliphatic heterocycles. The highest BCUT2D eigenvalue weighted by molar-refractivity contribution is 5.90. The van der Waals surface area contributed by atoms with Gasteiger partial charge in [0.15, 0.2) is 0 Å². The van der Waals surface area contributed by atoms with Gasteiger partial charge in [0.05, 0.1) is 24.1 Å². The Morgan fingerprint density at radius 3 is 2.18 bits per heavy atom. The number of hydrogen-bond acceptors (Lipinski definition) is 4. The maximum Gasteiger partial charge on any atom is 0.337 e. The minimum absolute atomic E-state index is 0.0486. The van der Waals surface area contributed by atoms with Crippen molar-refractivity contribution in [1.29, 1.82) is 0 Å². The lowest BCUT2D eigenvalue weighted by atomic mass is 9.77. The van der Waals surface area contributed by atoms with Crippen molar-refractivity contribution in [3.8, 4) is 5.75 Å². The standard InChI is InChI=1S/C29H31NO4/c1-21(23-10-12-24(13-11-23)27(31)33-2)30-28(32)29(18-6-7-19-29)25-14-16-26(17-15-25)34-20-22-8-4-3-5-9-22/h3-5,8-17,21H,6-7,18-20H2,1-2H3,(H,30,32). The molecule has 1 fully saturated rings. The number of esters is 1. The summed E-state index contributed by atoms with van der Waals surface area (Å²) in [4.78, 5) is 25.2. The lowest BCUT2D eigenvalue weighted by Crippen LogP contribution is -2.43. The molecule has 0 heterocycles. The number of methoxy groups -OCH3 is 1. The van der Waals surface area contributed by atoms with Crippen LogP contribution < -0.4 is 10.1 Å². The van der Waals surface area contributed by atoms with Gasteiger partial charge in [-0.25, -0.2) is 4.79 Å². The normalized spacial score (nSPS) is 15.4. The van der Waals surface area contributed by atoms with E-state index in [0.29, 0.717) is 12.2 Å². The van der Waals surface area contributed by atoms with Crippen LogP contribution in [-0.2, 0) is 21.6 Å². The number of ether oxygens (including phenoxy) is 2. The van der Waals surface area contributed by atoms with Crippen molar-refractivity contribution in [3.05, 3.63) is 101 Å². The molecule has 0 radical (unpaired) electrons. The van der Waals surface area contributed by atoms with Crippen molar-refractivity contribution in [1.82, 2.24) is 5.32 Å². The fourth-order valence-electron chi connectivity index (χ4n) is 4.68. The van der Waals surface area contributed by atoms with Gasteiger partial charge in [0.25, 0.3) is 0 Å². The van der Waals surface area contributed by atoms with Crippen molar-refractivity contribution >= 4 is 11.9 Å². The highest BCUT2D eigenvalue weighted by atomic mass is 16.5. The summed E-state index contributed by atoms with van der Waals surface area (Å²) < 4.78 is 10.7. The quantitative estimate of drug-likeness (QED) is 0.438. The number of carbonyl (C=O) groups excluding carboxylic acids is 2. The van der Waals surface area contributed by atoms with Crippen LogP contribution in [-0.4, -0.2) is 19.0 Å². The highest BCUT2D eigenvalue weighted by Gasteiger charge is 2.43. The summed E-state index contributed by atoms with van der Waals surface area (Å²) in [5, 5.41) is 3.22. The van der Waals surface area contributed by atoms with Gasteiger partial charge in [-0.2, -0.15) is 0 Å². The number of rotatable bonds is 8. The summed E-state index contributed by atoms with van der Waals surface area (Å²) in [5.74, 6) is 0.470. The number of carbonyl (C=O) groups is 2. The predicted molar refractivity (Wildman–Crippen MR) is 132 cm³/mol. The fraction of sp³-hybridized carbons (Fsp3) is 0.310. The second-order valence-corrected chi connectivity index (χ2v) is 8.90. The SMILES string of the molecule is COC(=O)c1ccc(C(C)NC(=O)C2(c3ccc(OCc4ccccc4)cc3)CCCC2)cc1. The molecule has 1 unspecified atom stereocenters. The van der Waals surface area contributed by atoms with Crippen molar-refractivity contribution < 1.29 is 19.1 Å². The summed E-state index contributed by atoms with van der Waals surface area (Å²) in [6.45, 7) is 2.48. The molecule has 34 heavy (non-hydrogen) atoms. The van der Waals surface area contributed by atoms with Gasteiger partial charge in [0, 0.05) is 0 Å². The van der Waals surface area contributed by atoms with E-state index in [9.17, 15) is 9.59 Å². The molecule has 1 N–H and O–H groups in total. The molecule has 1 saturated carbocycles. The Balaban J connectivity index is 1.44. The molecule has 0 spiro atoms. The zero-order valence-corrected chi connectivity index (χ0v) is 19.8. The number of amides is 1. The van der Waals surface area contributed by atoms with Gasteiger partial charge in [-0.05, 0) is 60.7 Å². The molecule has 1 aliphatic carbocycles. The number of nitrogens with one attached hydrogen (secondary N) is 1. The summed E-state index contributed by atoms with van der Waals surface area (Å²) in [5.41, 5.74) is 3.05. The first-order valence-electron chi connectivity index (χ1n) is 11.8. The molecule has 3 aromatic rings. The first kappa shape index (κ1) is 23.6. The highest BCUT2D eigenvalue weighted by Crippen LogP contribution is 2.42. The maximum absolute atomic E-state index is 13.6. The molecule has 176 valence electrons. The Bertz CT molecular complexity index is 1100. The van der Waals surface area contributed by atoms with E-state index in [-0.39, 0.29) is 17.9 Å². The van der Waals surface area contributed by atoms with E-state index >= 15 is 0 Å². The molecule has 0 aromatic heterocycles. The van der Waals surface area contributed by atoms with Crippen LogP contribution in [0, 0.1) is 0 Å². The molecule has 5 heteroatoms. The van der Waals surface area contributed by atoms with Crippen molar-refractivity contribution in [2.75, 3.05) is 7.11 Å². The second kappa shape index (κ2) is 10.6. The minimum Gasteiger partial charge on any atom is -0.489 e.